The highest BCUT2D eigenvalue weighted by atomic mass is 32.1. The van der Waals surface area contributed by atoms with E-state index in [1.807, 2.05) is 25.1 Å². The molecule has 1 aliphatic rings. The predicted octanol–water partition coefficient (Wildman–Crippen LogP) is 3.08. The summed E-state index contributed by atoms with van der Waals surface area (Å²) in [5.41, 5.74) is 1.45. The Morgan fingerprint density at radius 2 is 2.35 bits per heavy atom. The molecule has 0 atom stereocenters. The van der Waals surface area contributed by atoms with Crippen LogP contribution >= 0.6 is 12.2 Å². The molecule has 106 valence electrons. The van der Waals surface area contributed by atoms with Crippen molar-refractivity contribution in [3.63, 3.8) is 0 Å². The molecule has 1 saturated heterocycles. The minimum atomic E-state index is -0.0596. The van der Waals surface area contributed by atoms with Gasteiger partial charge < -0.3 is 9.73 Å². The van der Waals surface area contributed by atoms with Crippen molar-refractivity contribution in [3.8, 4) is 0 Å². The first-order chi connectivity index (χ1) is 9.61. The second-order valence-electron chi connectivity index (χ2n) is 4.70. The lowest BCUT2D eigenvalue weighted by molar-refractivity contribution is -0.122. The highest BCUT2D eigenvalue weighted by Gasteiger charge is 2.29. The van der Waals surface area contributed by atoms with Crippen LogP contribution in [0.4, 0.5) is 0 Å². The van der Waals surface area contributed by atoms with Gasteiger partial charge in [0, 0.05) is 6.54 Å². The van der Waals surface area contributed by atoms with E-state index >= 15 is 0 Å². The maximum absolute atomic E-state index is 12.2. The summed E-state index contributed by atoms with van der Waals surface area (Å²) >= 11 is 5.19. The Balaban J connectivity index is 2.11. The largest absolute Gasteiger partial charge is 0.465 e. The van der Waals surface area contributed by atoms with E-state index in [1.165, 1.54) is 0 Å². The van der Waals surface area contributed by atoms with E-state index in [9.17, 15) is 4.79 Å². The Labute approximate surface area is 124 Å². The molecular formula is C15H18N2O2S. The summed E-state index contributed by atoms with van der Waals surface area (Å²) in [4.78, 5) is 13.8. The molecule has 2 heterocycles. The number of nitrogens with zero attached hydrogens (tertiary/aromatic N) is 1. The number of carbonyl (C=O) groups excluding carboxylic acids is 1. The topological polar surface area (TPSA) is 45.5 Å². The van der Waals surface area contributed by atoms with Crippen LogP contribution in [0, 0.1) is 0 Å². The van der Waals surface area contributed by atoms with Crippen LogP contribution in [0.1, 0.15) is 32.4 Å². The van der Waals surface area contributed by atoms with Gasteiger partial charge >= 0.3 is 0 Å². The quantitative estimate of drug-likeness (QED) is 0.668. The van der Waals surface area contributed by atoms with E-state index < -0.39 is 0 Å². The maximum atomic E-state index is 12.2. The first-order valence-electron chi connectivity index (χ1n) is 6.68. The third-order valence-corrected chi connectivity index (χ3v) is 3.31. The van der Waals surface area contributed by atoms with Crippen LogP contribution in [0.5, 0.6) is 0 Å². The number of hydrogen-bond acceptors (Lipinski definition) is 3. The second kappa shape index (κ2) is 6.52. The molecule has 1 fully saturated rings. The average molecular weight is 290 g/mol. The molecule has 1 aliphatic heterocycles. The fourth-order valence-corrected chi connectivity index (χ4v) is 2.24. The monoisotopic (exact) mass is 290 g/mol. The lowest BCUT2D eigenvalue weighted by Gasteiger charge is -2.12. The lowest BCUT2D eigenvalue weighted by atomic mass is 10.2. The summed E-state index contributed by atoms with van der Waals surface area (Å²) in [7, 11) is 0. The molecule has 0 spiro atoms. The number of carbonyl (C=O) groups is 1. The molecule has 1 aromatic heterocycles. The molecule has 0 aromatic carbocycles. The highest BCUT2D eigenvalue weighted by molar-refractivity contribution is 7.80. The van der Waals surface area contributed by atoms with Crippen molar-refractivity contribution in [3.05, 3.63) is 41.5 Å². The van der Waals surface area contributed by atoms with Gasteiger partial charge in [0.2, 0.25) is 0 Å². The van der Waals surface area contributed by atoms with E-state index in [4.69, 9.17) is 16.6 Å². The molecule has 5 heteroatoms. The number of unbranched alkanes of at least 4 members (excludes halogenated alkanes) is 1. The fourth-order valence-electron chi connectivity index (χ4n) is 1.96. The smallest absolute Gasteiger partial charge is 0.276 e. The van der Waals surface area contributed by atoms with Gasteiger partial charge in [-0.05, 0) is 55.4 Å². The summed E-state index contributed by atoms with van der Waals surface area (Å²) in [6, 6.07) is 3.69. The number of amides is 1. The van der Waals surface area contributed by atoms with Gasteiger partial charge in [-0.3, -0.25) is 9.69 Å². The Morgan fingerprint density at radius 3 is 3.00 bits per heavy atom. The van der Waals surface area contributed by atoms with E-state index in [-0.39, 0.29) is 5.91 Å². The first kappa shape index (κ1) is 14.5. The number of nitrogens with one attached hydrogen (secondary N) is 1. The average Bonchev–Trinajstić information content (AvgIpc) is 2.98. The van der Waals surface area contributed by atoms with Crippen LogP contribution in [0.25, 0.3) is 6.08 Å². The number of rotatable bonds is 5. The summed E-state index contributed by atoms with van der Waals surface area (Å²) in [5, 5.41) is 3.46. The Kier molecular flexibility index (Phi) is 4.74. The predicted molar refractivity (Wildman–Crippen MR) is 82.8 cm³/mol. The van der Waals surface area contributed by atoms with E-state index in [2.05, 4.69) is 12.2 Å². The third-order valence-electron chi connectivity index (χ3n) is 2.98. The van der Waals surface area contributed by atoms with Gasteiger partial charge in [-0.25, -0.2) is 0 Å². The summed E-state index contributed by atoms with van der Waals surface area (Å²) in [6.07, 6.45) is 7.26. The summed E-state index contributed by atoms with van der Waals surface area (Å²) in [5.74, 6) is 0.700. The molecule has 0 radical (unpaired) electrons. The molecule has 1 amide bonds. The van der Waals surface area contributed by atoms with Crippen molar-refractivity contribution in [2.75, 3.05) is 6.54 Å². The van der Waals surface area contributed by atoms with Crippen molar-refractivity contribution in [1.29, 1.82) is 0 Å². The molecule has 20 heavy (non-hydrogen) atoms. The van der Waals surface area contributed by atoms with Crippen LogP contribution in [-0.4, -0.2) is 22.5 Å². The van der Waals surface area contributed by atoms with Crippen molar-refractivity contribution in [2.45, 2.75) is 26.7 Å². The van der Waals surface area contributed by atoms with Gasteiger partial charge in [-0.2, -0.15) is 0 Å². The van der Waals surface area contributed by atoms with Gasteiger partial charge in [0.05, 0.1) is 6.26 Å². The zero-order valence-electron chi connectivity index (χ0n) is 11.7. The molecule has 0 unspecified atom stereocenters. The molecule has 1 aromatic rings. The SMILES string of the molecule is CCCCN1C(=O)/C(=C\C(C)=C\c2ccco2)NC1=S. The Bertz CT molecular complexity index is 558. The fraction of sp³-hybridized carbons (Fsp3) is 0.333. The van der Waals surface area contributed by atoms with Gasteiger partial charge in [0.15, 0.2) is 5.11 Å². The van der Waals surface area contributed by atoms with Crippen LogP contribution in [-0.2, 0) is 4.79 Å². The molecule has 2 rings (SSSR count). The van der Waals surface area contributed by atoms with Crippen LogP contribution < -0.4 is 5.32 Å². The van der Waals surface area contributed by atoms with Gasteiger partial charge in [0.25, 0.3) is 5.91 Å². The van der Waals surface area contributed by atoms with E-state index in [0.29, 0.717) is 17.4 Å². The van der Waals surface area contributed by atoms with Crippen molar-refractivity contribution >= 4 is 29.3 Å². The minimum absolute atomic E-state index is 0.0596. The van der Waals surface area contributed by atoms with Crippen LogP contribution in [0.15, 0.2) is 40.2 Å². The molecule has 4 nitrogen and oxygen atoms in total. The zero-order valence-corrected chi connectivity index (χ0v) is 12.5. The molecule has 1 N–H and O–H groups in total. The van der Waals surface area contributed by atoms with Crippen molar-refractivity contribution < 1.29 is 9.21 Å². The van der Waals surface area contributed by atoms with Gasteiger partial charge in [0.1, 0.15) is 11.5 Å². The maximum Gasteiger partial charge on any atom is 0.276 e. The lowest BCUT2D eigenvalue weighted by Crippen LogP contribution is -2.31. The Hall–Kier alpha value is -1.88. The number of thiocarbonyl (C=S) groups is 1. The van der Waals surface area contributed by atoms with Crippen LogP contribution in [0.2, 0.25) is 0 Å². The highest BCUT2D eigenvalue weighted by Crippen LogP contribution is 2.15. The van der Waals surface area contributed by atoms with Crippen molar-refractivity contribution in [2.24, 2.45) is 0 Å². The summed E-state index contributed by atoms with van der Waals surface area (Å²) < 4.78 is 5.24. The zero-order chi connectivity index (χ0) is 14.5. The normalized spacial score (nSPS) is 18.0. The van der Waals surface area contributed by atoms with Gasteiger partial charge in [-0.15, -0.1) is 0 Å². The number of allylic oxidation sites excluding steroid dienone is 2. The third kappa shape index (κ3) is 3.36. The summed E-state index contributed by atoms with van der Waals surface area (Å²) in [6.45, 7) is 4.67. The minimum Gasteiger partial charge on any atom is -0.465 e. The first-order valence-corrected chi connectivity index (χ1v) is 7.09. The standard InChI is InChI=1S/C15H18N2O2S/c1-3-4-7-17-14(18)13(16-15(17)20)10-11(2)9-12-6-5-8-19-12/h5-6,8-10H,3-4,7H2,1-2H3,(H,16,20)/b11-9+,13-10+. The number of furan rings is 1. The van der Waals surface area contributed by atoms with Crippen LogP contribution in [0.3, 0.4) is 0 Å². The Morgan fingerprint density at radius 1 is 1.55 bits per heavy atom. The van der Waals surface area contributed by atoms with Gasteiger partial charge in [-0.1, -0.05) is 13.3 Å². The van der Waals surface area contributed by atoms with E-state index in [1.54, 1.807) is 17.2 Å². The second-order valence-corrected chi connectivity index (χ2v) is 5.09. The molecular weight excluding hydrogens is 272 g/mol. The number of hydrogen-bond donors (Lipinski definition) is 1. The molecule has 0 saturated carbocycles. The van der Waals surface area contributed by atoms with E-state index in [0.717, 1.165) is 24.2 Å². The molecule has 0 aliphatic carbocycles. The van der Waals surface area contributed by atoms with Crippen molar-refractivity contribution in [1.82, 2.24) is 10.2 Å². The molecule has 0 bridgehead atoms.